The summed E-state index contributed by atoms with van der Waals surface area (Å²) in [5.41, 5.74) is 3.00. The van der Waals surface area contributed by atoms with Crippen molar-refractivity contribution in [3.8, 4) is 0 Å². The first-order valence-corrected chi connectivity index (χ1v) is 10.5. The van der Waals surface area contributed by atoms with E-state index in [4.69, 9.17) is 5.14 Å². The number of sulfonamides is 1. The van der Waals surface area contributed by atoms with Crippen LogP contribution in [0.4, 0.5) is 27.5 Å². The molecule has 0 atom stereocenters. The Labute approximate surface area is 176 Å². The molecule has 0 amide bonds. The Balaban J connectivity index is 1.46. The lowest BCUT2D eigenvalue weighted by atomic mass is 10.1. The summed E-state index contributed by atoms with van der Waals surface area (Å²) < 4.78 is 36.9. The number of aromatic amines is 1. The first kappa shape index (κ1) is 20.4. The zero-order chi connectivity index (χ0) is 21.8. The monoisotopic (exact) mass is 440 g/mol. The molecule has 5 N–H and O–H groups in total. The van der Waals surface area contributed by atoms with E-state index in [0.717, 1.165) is 17.5 Å². The van der Waals surface area contributed by atoms with Gasteiger partial charge in [-0.05, 0) is 42.0 Å². The number of rotatable bonds is 7. The first-order chi connectivity index (χ1) is 14.9. The molecule has 0 aliphatic heterocycles. The molecule has 0 bridgehead atoms. The highest BCUT2D eigenvalue weighted by atomic mass is 32.2. The van der Waals surface area contributed by atoms with Crippen LogP contribution in [0, 0.1) is 5.82 Å². The molecule has 2 aromatic heterocycles. The largest absolute Gasteiger partial charge is 0.338 e. The Hall–Kier alpha value is -3.90. The van der Waals surface area contributed by atoms with E-state index in [1.165, 1.54) is 24.3 Å². The molecule has 4 aromatic rings. The number of nitrogens with zero attached hydrogens (tertiary/aromatic N) is 4. The Bertz CT molecular complexity index is 1280. The summed E-state index contributed by atoms with van der Waals surface area (Å²) in [6.07, 6.45) is 3.31. The predicted octanol–water partition coefficient (Wildman–Crippen LogP) is 2.46. The van der Waals surface area contributed by atoms with Crippen LogP contribution in [-0.2, 0) is 16.4 Å². The molecule has 0 aliphatic rings. The highest BCUT2D eigenvalue weighted by Crippen LogP contribution is 2.22. The molecule has 158 valence electrons. The van der Waals surface area contributed by atoms with Crippen molar-refractivity contribution in [2.75, 3.05) is 10.6 Å². The van der Waals surface area contributed by atoms with Gasteiger partial charge < -0.3 is 10.6 Å². The summed E-state index contributed by atoms with van der Waals surface area (Å²) in [7, 11) is -3.78. The minimum absolute atomic E-state index is 0.0112. The van der Waals surface area contributed by atoms with Gasteiger partial charge in [0.05, 0.1) is 23.0 Å². The zero-order valence-corrected chi connectivity index (χ0v) is 16.8. The van der Waals surface area contributed by atoms with Crippen LogP contribution in [0.25, 0.3) is 0 Å². The number of halogens is 1. The standard InChI is InChI=1S/C19H17FN8O2S/c20-17-11-22-19(25-14-5-7-16(8-6-14)31(21,29)30)26-18(17)24-13-3-1-12(2-4-13)9-15-10-23-28-27-15/h1-8,10-11H,9H2,(H2,21,29,30)(H,23,27,28)(H2,22,24,25,26). The third kappa shape index (κ3) is 5.18. The quantitative estimate of drug-likeness (QED) is 0.342. The fraction of sp³-hybridized carbons (Fsp3) is 0.0526. The Kier molecular flexibility index (Phi) is 5.56. The average molecular weight is 440 g/mol. The van der Waals surface area contributed by atoms with E-state index in [9.17, 15) is 12.8 Å². The maximum Gasteiger partial charge on any atom is 0.238 e. The highest BCUT2D eigenvalue weighted by molar-refractivity contribution is 7.89. The topological polar surface area (TPSA) is 152 Å². The van der Waals surface area contributed by atoms with Gasteiger partial charge in [-0.2, -0.15) is 20.4 Å². The minimum atomic E-state index is -3.78. The number of primary sulfonamides is 1. The van der Waals surface area contributed by atoms with Crippen molar-refractivity contribution < 1.29 is 12.8 Å². The molecule has 4 rings (SSSR count). The molecule has 2 aromatic carbocycles. The number of H-pyrrole nitrogens is 1. The van der Waals surface area contributed by atoms with Crippen molar-refractivity contribution in [3.05, 3.63) is 78.0 Å². The van der Waals surface area contributed by atoms with E-state index in [1.54, 1.807) is 18.3 Å². The molecule has 10 nitrogen and oxygen atoms in total. The van der Waals surface area contributed by atoms with Crippen LogP contribution in [0.1, 0.15) is 11.3 Å². The first-order valence-electron chi connectivity index (χ1n) is 9.00. The van der Waals surface area contributed by atoms with Crippen LogP contribution in [-0.4, -0.2) is 33.8 Å². The van der Waals surface area contributed by atoms with E-state index in [0.29, 0.717) is 17.8 Å². The van der Waals surface area contributed by atoms with Gasteiger partial charge in [-0.25, -0.2) is 22.9 Å². The third-order valence-electron chi connectivity index (χ3n) is 4.25. The number of benzene rings is 2. The maximum absolute atomic E-state index is 14.2. The summed E-state index contributed by atoms with van der Waals surface area (Å²) in [6.45, 7) is 0. The summed E-state index contributed by atoms with van der Waals surface area (Å²) >= 11 is 0. The van der Waals surface area contributed by atoms with E-state index >= 15 is 0 Å². The predicted molar refractivity (Wildman–Crippen MR) is 112 cm³/mol. The van der Waals surface area contributed by atoms with Gasteiger partial charge in [0.15, 0.2) is 11.6 Å². The summed E-state index contributed by atoms with van der Waals surface area (Å²) in [5, 5.41) is 21.2. The van der Waals surface area contributed by atoms with E-state index < -0.39 is 15.8 Å². The van der Waals surface area contributed by atoms with Crippen molar-refractivity contribution in [1.29, 1.82) is 0 Å². The van der Waals surface area contributed by atoms with Crippen LogP contribution in [0.5, 0.6) is 0 Å². The molecule has 2 heterocycles. The molecule has 0 spiro atoms. The fourth-order valence-electron chi connectivity index (χ4n) is 2.73. The van der Waals surface area contributed by atoms with Crippen LogP contribution in [0.3, 0.4) is 0 Å². The van der Waals surface area contributed by atoms with Crippen molar-refractivity contribution in [3.63, 3.8) is 0 Å². The molecule has 0 fully saturated rings. The summed E-state index contributed by atoms with van der Waals surface area (Å²) in [6, 6.07) is 13.1. The van der Waals surface area contributed by atoms with Crippen molar-refractivity contribution in [1.82, 2.24) is 25.4 Å². The van der Waals surface area contributed by atoms with E-state index in [1.807, 2.05) is 12.1 Å². The lowest BCUT2D eigenvalue weighted by Gasteiger charge is -2.10. The Morgan fingerprint density at radius 2 is 1.65 bits per heavy atom. The third-order valence-corrected chi connectivity index (χ3v) is 5.18. The van der Waals surface area contributed by atoms with Gasteiger partial charge in [0.1, 0.15) is 0 Å². The highest BCUT2D eigenvalue weighted by Gasteiger charge is 2.10. The van der Waals surface area contributed by atoms with Gasteiger partial charge in [0.25, 0.3) is 0 Å². The minimum Gasteiger partial charge on any atom is -0.338 e. The second-order valence-corrected chi connectivity index (χ2v) is 8.11. The van der Waals surface area contributed by atoms with Crippen LogP contribution < -0.4 is 15.8 Å². The fourth-order valence-corrected chi connectivity index (χ4v) is 3.25. The zero-order valence-electron chi connectivity index (χ0n) is 15.9. The van der Waals surface area contributed by atoms with Gasteiger partial charge in [-0.1, -0.05) is 12.1 Å². The van der Waals surface area contributed by atoms with Gasteiger partial charge in [0, 0.05) is 17.8 Å². The van der Waals surface area contributed by atoms with Gasteiger partial charge in [0.2, 0.25) is 16.0 Å². The molecular formula is C19H17FN8O2S. The van der Waals surface area contributed by atoms with Crippen LogP contribution >= 0.6 is 0 Å². The van der Waals surface area contributed by atoms with E-state index in [2.05, 4.69) is 36.0 Å². The summed E-state index contributed by atoms with van der Waals surface area (Å²) in [5.74, 6) is -0.500. The maximum atomic E-state index is 14.2. The molecule has 12 heteroatoms. The number of anilines is 4. The molecule has 0 saturated heterocycles. The molecule has 0 radical (unpaired) electrons. The SMILES string of the molecule is NS(=O)(=O)c1ccc(Nc2ncc(F)c(Nc3ccc(Cc4cn[nH]n4)cc3)n2)cc1. The lowest BCUT2D eigenvalue weighted by molar-refractivity contribution is 0.598. The number of nitrogens with one attached hydrogen (secondary N) is 3. The van der Waals surface area contributed by atoms with Crippen molar-refractivity contribution in [2.24, 2.45) is 5.14 Å². The Morgan fingerprint density at radius 3 is 2.29 bits per heavy atom. The van der Waals surface area contributed by atoms with Crippen LogP contribution in [0.2, 0.25) is 0 Å². The van der Waals surface area contributed by atoms with Crippen molar-refractivity contribution >= 4 is 33.2 Å². The number of aromatic nitrogens is 5. The average Bonchev–Trinajstić information content (AvgIpc) is 3.25. The smallest absolute Gasteiger partial charge is 0.238 e. The number of nitrogens with two attached hydrogens (primary N) is 1. The Morgan fingerprint density at radius 1 is 0.968 bits per heavy atom. The molecule has 0 saturated carbocycles. The van der Waals surface area contributed by atoms with E-state index in [-0.39, 0.29) is 16.7 Å². The molecule has 31 heavy (non-hydrogen) atoms. The normalized spacial score (nSPS) is 11.3. The second-order valence-electron chi connectivity index (χ2n) is 6.54. The molecule has 0 aliphatic carbocycles. The number of hydrogen-bond donors (Lipinski definition) is 4. The van der Waals surface area contributed by atoms with Crippen molar-refractivity contribution in [2.45, 2.75) is 11.3 Å². The molecule has 0 unspecified atom stereocenters. The number of hydrogen-bond acceptors (Lipinski definition) is 8. The van der Waals surface area contributed by atoms with Crippen LogP contribution in [0.15, 0.2) is 65.8 Å². The lowest BCUT2D eigenvalue weighted by Crippen LogP contribution is -2.11. The molecular weight excluding hydrogens is 423 g/mol. The second kappa shape index (κ2) is 8.45. The van der Waals surface area contributed by atoms with Gasteiger partial charge in [-0.15, -0.1) is 0 Å². The van der Waals surface area contributed by atoms with Gasteiger partial charge >= 0.3 is 0 Å². The summed E-state index contributed by atoms with van der Waals surface area (Å²) in [4.78, 5) is 8.03. The van der Waals surface area contributed by atoms with Gasteiger partial charge in [-0.3, -0.25) is 0 Å².